The van der Waals surface area contributed by atoms with Crippen LogP contribution in [0.25, 0.3) is 11.0 Å². The van der Waals surface area contributed by atoms with E-state index in [1.54, 1.807) is 35.5 Å². The molecule has 2 aliphatic heterocycles. The maximum atomic E-state index is 5.81. The molecule has 0 saturated carbocycles. The Hall–Kier alpha value is -3.44. The Morgan fingerprint density at radius 1 is 0.625 bits per heavy atom. The average molecular weight is 673 g/mol. The molecule has 0 aliphatic carbocycles. The highest BCUT2D eigenvalue weighted by molar-refractivity contribution is 5.95. The number of nitrogens with zero attached hydrogens (tertiary/aromatic N) is 10. The predicted octanol–water partition coefficient (Wildman–Crippen LogP) is 2.31. The molecule has 0 bridgehead atoms. The molecule has 2 aliphatic rings. The Kier molecular flexibility index (Phi) is 13.3. The monoisotopic (exact) mass is 672 g/mol. The fourth-order valence-corrected chi connectivity index (χ4v) is 6.23. The minimum Gasteiger partial charge on any atom is -0.425 e. The van der Waals surface area contributed by atoms with E-state index >= 15 is 0 Å². The van der Waals surface area contributed by atoms with Crippen LogP contribution >= 0.6 is 0 Å². The number of fused-ring (bicyclic) bond motifs is 1. The Morgan fingerprint density at radius 3 is 1.44 bits per heavy atom. The first-order valence-corrected chi connectivity index (χ1v) is 16.9. The number of hydrogen-bond donors (Lipinski definition) is 0. The van der Waals surface area contributed by atoms with E-state index in [1.165, 1.54) is 0 Å². The van der Waals surface area contributed by atoms with Crippen molar-refractivity contribution in [2.75, 3.05) is 134 Å². The van der Waals surface area contributed by atoms with Gasteiger partial charge in [0.05, 0.1) is 32.5 Å². The van der Waals surface area contributed by atoms with E-state index in [0.717, 1.165) is 74.5 Å². The van der Waals surface area contributed by atoms with E-state index in [0.29, 0.717) is 76.3 Å². The number of anilines is 4. The molecule has 0 radical (unpaired) electrons. The third-order valence-electron chi connectivity index (χ3n) is 9.07. The molecule has 0 amide bonds. The van der Waals surface area contributed by atoms with Crippen molar-refractivity contribution in [3.8, 4) is 0 Å². The average Bonchev–Trinajstić information content (AvgIpc) is 3.57. The van der Waals surface area contributed by atoms with Crippen molar-refractivity contribution >= 4 is 34.6 Å². The van der Waals surface area contributed by atoms with Gasteiger partial charge in [-0.2, -0.15) is 9.97 Å². The maximum Gasteiger partial charge on any atom is 0.228 e. The number of piperidine rings is 2. The summed E-state index contributed by atoms with van der Waals surface area (Å²) in [6.45, 7) is 9.46. The van der Waals surface area contributed by atoms with Crippen molar-refractivity contribution in [3.05, 3.63) is 11.8 Å². The van der Waals surface area contributed by atoms with E-state index in [9.17, 15) is 0 Å². The highest BCUT2D eigenvalue weighted by Crippen LogP contribution is 2.36. The minimum absolute atomic E-state index is 0.191. The quantitative estimate of drug-likeness (QED) is 0.194. The topological polar surface area (TPSA) is 150 Å². The summed E-state index contributed by atoms with van der Waals surface area (Å²) >= 11 is 0. The van der Waals surface area contributed by atoms with Gasteiger partial charge in [-0.3, -0.25) is 0 Å². The molecular formula is C32H52N10O6. The molecule has 5 rings (SSSR count). The number of ether oxygens (including phenoxy) is 5. The zero-order valence-electron chi connectivity index (χ0n) is 29.4. The number of aryl methyl sites for hydroxylation is 1. The Morgan fingerprint density at radius 2 is 1.06 bits per heavy atom. The summed E-state index contributed by atoms with van der Waals surface area (Å²) in [4.78, 5) is 29.8. The Balaban J connectivity index is 1.64. The summed E-state index contributed by atoms with van der Waals surface area (Å²) in [5, 5.41) is 8.38. The normalized spacial score (nSPS) is 16.3. The van der Waals surface area contributed by atoms with Crippen LogP contribution in [0.5, 0.6) is 0 Å². The van der Waals surface area contributed by atoms with Gasteiger partial charge in [-0.05, 0) is 25.7 Å². The van der Waals surface area contributed by atoms with Crippen LogP contribution in [0, 0.1) is 6.92 Å². The van der Waals surface area contributed by atoms with Crippen LogP contribution in [-0.2, 0) is 23.7 Å². The molecule has 2 fully saturated rings. The largest absolute Gasteiger partial charge is 0.425 e. The molecule has 48 heavy (non-hydrogen) atoms. The van der Waals surface area contributed by atoms with Crippen LogP contribution < -0.4 is 19.6 Å². The molecule has 3 aromatic rings. The van der Waals surface area contributed by atoms with Gasteiger partial charge in [0.2, 0.25) is 23.7 Å². The number of rotatable bonds is 18. The van der Waals surface area contributed by atoms with Crippen LogP contribution in [-0.4, -0.2) is 151 Å². The van der Waals surface area contributed by atoms with Crippen LogP contribution in [0.3, 0.4) is 0 Å². The van der Waals surface area contributed by atoms with Crippen LogP contribution in [0.15, 0.2) is 4.42 Å². The van der Waals surface area contributed by atoms with Gasteiger partial charge in [0.1, 0.15) is 11.0 Å². The predicted molar refractivity (Wildman–Crippen MR) is 183 cm³/mol. The summed E-state index contributed by atoms with van der Waals surface area (Å²) < 4.78 is 33.4. The first kappa shape index (κ1) is 35.9. The van der Waals surface area contributed by atoms with Gasteiger partial charge in [0, 0.05) is 101 Å². The van der Waals surface area contributed by atoms with Crippen molar-refractivity contribution in [1.29, 1.82) is 0 Å². The SMILES string of the molecule is COCCN(CCOC)c1nc(N2CCC(c3nnc(C)o3)CC2)c2nc(N(CCOC)CCOC)nc(N3CCC(OC)CC3)c2n1. The van der Waals surface area contributed by atoms with E-state index < -0.39 is 0 Å². The number of aromatic nitrogens is 6. The van der Waals surface area contributed by atoms with Gasteiger partial charge in [-0.1, -0.05) is 0 Å². The first-order valence-electron chi connectivity index (χ1n) is 16.9. The molecule has 5 heterocycles. The van der Waals surface area contributed by atoms with Crippen LogP contribution in [0.1, 0.15) is 43.4 Å². The summed E-state index contributed by atoms with van der Waals surface area (Å²) in [6.07, 6.45) is 3.72. The van der Waals surface area contributed by atoms with Crippen LogP contribution in [0.4, 0.5) is 23.5 Å². The van der Waals surface area contributed by atoms with E-state index in [2.05, 4.69) is 29.8 Å². The standard InChI is InChI=1S/C32H52N10O6/c1-23-37-38-30(48-23)24-7-11-39(12-8-24)28-26-27(34-31(35-28)41(15-19-43-2)16-20-44-3)29(40-13-9-25(47-6)10-14-40)36-32(33-26)42(17-21-45-4)18-22-46-5/h24-25H,7-22H2,1-6H3. The fourth-order valence-electron chi connectivity index (χ4n) is 6.23. The zero-order chi connectivity index (χ0) is 33.9. The smallest absolute Gasteiger partial charge is 0.228 e. The lowest BCUT2D eigenvalue weighted by Crippen LogP contribution is -2.39. The Labute approximate surface area is 283 Å². The number of hydrogen-bond acceptors (Lipinski definition) is 16. The van der Waals surface area contributed by atoms with E-state index in [-0.39, 0.29) is 12.0 Å². The molecule has 16 nitrogen and oxygen atoms in total. The fraction of sp³-hybridized carbons (Fsp3) is 0.750. The highest BCUT2D eigenvalue weighted by atomic mass is 16.5. The second-order valence-electron chi connectivity index (χ2n) is 12.2. The van der Waals surface area contributed by atoms with Gasteiger partial charge < -0.3 is 47.7 Å². The second-order valence-corrected chi connectivity index (χ2v) is 12.2. The zero-order valence-corrected chi connectivity index (χ0v) is 29.4. The summed E-state index contributed by atoms with van der Waals surface area (Å²) in [5.41, 5.74) is 1.44. The van der Waals surface area contributed by atoms with Gasteiger partial charge >= 0.3 is 0 Å². The van der Waals surface area contributed by atoms with Gasteiger partial charge in [0.25, 0.3) is 0 Å². The molecule has 2 saturated heterocycles. The number of methoxy groups -OCH3 is 5. The van der Waals surface area contributed by atoms with Crippen molar-refractivity contribution in [2.45, 2.75) is 44.6 Å². The minimum atomic E-state index is 0.191. The molecule has 0 spiro atoms. The first-order chi connectivity index (χ1) is 23.5. The Bertz CT molecular complexity index is 1400. The second kappa shape index (κ2) is 17.8. The van der Waals surface area contributed by atoms with Crippen molar-refractivity contribution < 1.29 is 28.1 Å². The van der Waals surface area contributed by atoms with Crippen molar-refractivity contribution in [1.82, 2.24) is 30.1 Å². The van der Waals surface area contributed by atoms with E-state index in [1.807, 2.05) is 6.92 Å². The molecule has 0 aromatic carbocycles. The van der Waals surface area contributed by atoms with Gasteiger partial charge in [0.15, 0.2) is 11.6 Å². The lowest BCUT2D eigenvalue weighted by atomic mass is 9.97. The molecule has 266 valence electrons. The van der Waals surface area contributed by atoms with E-state index in [4.69, 9.17) is 48.0 Å². The maximum absolute atomic E-state index is 5.81. The third kappa shape index (κ3) is 8.77. The highest BCUT2D eigenvalue weighted by Gasteiger charge is 2.31. The summed E-state index contributed by atoms with van der Waals surface area (Å²) in [7, 11) is 8.59. The lowest BCUT2D eigenvalue weighted by molar-refractivity contribution is 0.0818. The van der Waals surface area contributed by atoms with Crippen LogP contribution in [0.2, 0.25) is 0 Å². The summed E-state index contributed by atoms with van der Waals surface area (Å²) in [5.74, 6) is 4.25. The molecule has 0 N–H and O–H groups in total. The summed E-state index contributed by atoms with van der Waals surface area (Å²) in [6, 6.07) is 0. The molecule has 0 unspecified atom stereocenters. The third-order valence-corrected chi connectivity index (χ3v) is 9.07. The molecule has 0 atom stereocenters. The van der Waals surface area contributed by atoms with Gasteiger partial charge in [-0.25, -0.2) is 9.97 Å². The van der Waals surface area contributed by atoms with Crippen molar-refractivity contribution in [3.63, 3.8) is 0 Å². The lowest BCUT2D eigenvalue weighted by Gasteiger charge is -2.35. The molecule has 3 aromatic heterocycles. The van der Waals surface area contributed by atoms with Gasteiger partial charge in [-0.15, -0.1) is 10.2 Å². The molecule has 16 heteroatoms. The molecular weight excluding hydrogens is 620 g/mol. The van der Waals surface area contributed by atoms with Crippen molar-refractivity contribution in [2.24, 2.45) is 0 Å².